The van der Waals surface area contributed by atoms with Crippen molar-refractivity contribution in [3.8, 4) is 5.69 Å². The van der Waals surface area contributed by atoms with E-state index in [2.05, 4.69) is 39.0 Å². The first-order valence-electron chi connectivity index (χ1n) is 8.29. The number of ether oxygens (including phenoxy) is 1. The van der Waals surface area contributed by atoms with Crippen LogP contribution in [0.15, 0.2) is 18.2 Å². The van der Waals surface area contributed by atoms with Crippen LogP contribution < -0.4 is 0 Å². The molecule has 0 saturated carbocycles. The average Bonchev–Trinajstić information content (AvgIpc) is 2.98. The summed E-state index contributed by atoms with van der Waals surface area (Å²) in [5.74, 6) is 0. The highest BCUT2D eigenvalue weighted by Crippen LogP contribution is 2.30. The minimum Gasteiger partial charge on any atom is -0.444 e. The molecular formula is C19H25N3O2. The van der Waals surface area contributed by atoms with Crippen molar-refractivity contribution in [3.63, 3.8) is 0 Å². The average molecular weight is 327 g/mol. The molecule has 3 rings (SSSR count). The zero-order chi connectivity index (χ0) is 17.6. The fraction of sp³-hybridized carbons (Fsp3) is 0.474. The van der Waals surface area contributed by atoms with E-state index in [0.717, 1.165) is 22.6 Å². The number of aromatic nitrogens is 2. The normalized spacial score (nSPS) is 14.0. The zero-order valence-electron chi connectivity index (χ0n) is 15.3. The van der Waals surface area contributed by atoms with Gasteiger partial charge in [-0.15, -0.1) is 0 Å². The standard InChI is InChI=1S/C19H25N3O2/c1-12-8-7-9-13(2)17(12)22-14(3)15-10-21(11-16(15)20-22)18(23)24-19(4,5)6/h7-9H,10-11H2,1-6H3. The Morgan fingerprint density at radius 1 is 1.12 bits per heavy atom. The van der Waals surface area contributed by atoms with Gasteiger partial charge in [0, 0.05) is 11.3 Å². The molecule has 1 aromatic carbocycles. The number of benzene rings is 1. The molecule has 5 nitrogen and oxygen atoms in total. The van der Waals surface area contributed by atoms with E-state index in [4.69, 9.17) is 9.84 Å². The van der Waals surface area contributed by atoms with Gasteiger partial charge in [0.1, 0.15) is 5.60 Å². The lowest BCUT2D eigenvalue weighted by molar-refractivity contribution is 0.0239. The van der Waals surface area contributed by atoms with Crippen LogP contribution in [-0.2, 0) is 17.8 Å². The van der Waals surface area contributed by atoms with E-state index in [1.165, 1.54) is 11.1 Å². The number of rotatable bonds is 1. The number of amides is 1. The van der Waals surface area contributed by atoms with Gasteiger partial charge in [0.25, 0.3) is 0 Å². The molecular weight excluding hydrogens is 302 g/mol. The van der Waals surface area contributed by atoms with Crippen molar-refractivity contribution in [2.45, 2.75) is 60.2 Å². The van der Waals surface area contributed by atoms with Gasteiger partial charge in [0.05, 0.1) is 24.5 Å². The lowest BCUT2D eigenvalue weighted by Crippen LogP contribution is -2.33. The summed E-state index contributed by atoms with van der Waals surface area (Å²) >= 11 is 0. The minimum absolute atomic E-state index is 0.279. The van der Waals surface area contributed by atoms with Crippen molar-refractivity contribution in [2.75, 3.05) is 0 Å². The first-order chi connectivity index (χ1) is 11.2. The Bertz CT molecular complexity index is 779. The maximum Gasteiger partial charge on any atom is 0.410 e. The monoisotopic (exact) mass is 327 g/mol. The molecule has 0 unspecified atom stereocenters. The lowest BCUT2D eigenvalue weighted by atomic mass is 10.1. The molecule has 0 N–H and O–H groups in total. The van der Waals surface area contributed by atoms with Crippen LogP contribution in [-0.4, -0.2) is 26.4 Å². The summed E-state index contributed by atoms with van der Waals surface area (Å²) in [7, 11) is 0. The Morgan fingerprint density at radius 3 is 2.29 bits per heavy atom. The van der Waals surface area contributed by atoms with Crippen molar-refractivity contribution in [1.82, 2.24) is 14.7 Å². The molecule has 0 atom stereocenters. The molecule has 0 aliphatic carbocycles. The van der Waals surface area contributed by atoms with Crippen LogP contribution in [0.2, 0.25) is 0 Å². The van der Waals surface area contributed by atoms with Crippen molar-refractivity contribution in [1.29, 1.82) is 0 Å². The highest BCUT2D eigenvalue weighted by Gasteiger charge is 2.32. The Balaban J connectivity index is 1.88. The number of carbonyl (C=O) groups excluding carboxylic acids is 1. The first kappa shape index (κ1) is 16.6. The fourth-order valence-corrected chi connectivity index (χ4v) is 3.17. The summed E-state index contributed by atoms with van der Waals surface area (Å²) < 4.78 is 7.48. The van der Waals surface area contributed by atoms with Crippen molar-refractivity contribution >= 4 is 6.09 Å². The number of para-hydroxylation sites is 1. The zero-order valence-corrected chi connectivity index (χ0v) is 15.3. The van der Waals surface area contributed by atoms with Crippen LogP contribution in [0.25, 0.3) is 5.69 Å². The Morgan fingerprint density at radius 2 is 1.75 bits per heavy atom. The lowest BCUT2D eigenvalue weighted by Gasteiger charge is -2.24. The van der Waals surface area contributed by atoms with Gasteiger partial charge in [-0.05, 0) is 52.7 Å². The molecule has 1 aromatic heterocycles. The number of hydrogen-bond donors (Lipinski definition) is 0. The van der Waals surface area contributed by atoms with Gasteiger partial charge in [-0.25, -0.2) is 9.48 Å². The van der Waals surface area contributed by atoms with Crippen molar-refractivity contribution < 1.29 is 9.53 Å². The number of fused-ring (bicyclic) bond motifs is 1. The Kier molecular flexibility index (Phi) is 3.90. The molecule has 24 heavy (non-hydrogen) atoms. The van der Waals surface area contributed by atoms with Gasteiger partial charge in [-0.2, -0.15) is 5.10 Å². The molecule has 0 spiro atoms. The van der Waals surface area contributed by atoms with Crippen LogP contribution in [0.3, 0.4) is 0 Å². The van der Waals surface area contributed by atoms with Gasteiger partial charge < -0.3 is 4.74 Å². The Labute approximate surface area is 143 Å². The summed E-state index contributed by atoms with van der Waals surface area (Å²) in [6.45, 7) is 13.0. The summed E-state index contributed by atoms with van der Waals surface area (Å²) in [4.78, 5) is 14.0. The highest BCUT2D eigenvalue weighted by atomic mass is 16.6. The van der Waals surface area contributed by atoms with Crippen LogP contribution in [0.1, 0.15) is 48.8 Å². The van der Waals surface area contributed by atoms with Crippen LogP contribution in [0, 0.1) is 20.8 Å². The van der Waals surface area contributed by atoms with E-state index in [0.29, 0.717) is 13.1 Å². The molecule has 1 aliphatic heterocycles. The van der Waals surface area contributed by atoms with Crippen LogP contribution >= 0.6 is 0 Å². The predicted molar refractivity (Wildman–Crippen MR) is 93.3 cm³/mol. The summed E-state index contributed by atoms with van der Waals surface area (Å²) in [5, 5.41) is 4.78. The van der Waals surface area contributed by atoms with E-state index in [1.54, 1.807) is 4.90 Å². The number of carbonyl (C=O) groups is 1. The topological polar surface area (TPSA) is 47.4 Å². The van der Waals surface area contributed by atoms with E-state index in [-0.39, 0.29) is 6.09 Å². The molecule has 0 radical (unpaired) electrons. The minimum atomic E-state index is -0.482. The van der Waals surface area contributed by atoms with Gasteiger partial charge in [-0.1, -0.05) is 18.2 Å². The molecule has 128 valence electrons. The van der Waals surface area contributed by atoms with E-state index in [9.17, 15) is 4.79 Å². The molecule has 1 amide bonds. The van der Waals surface area contributed by atoms with E-state index >= 15 is 0 Å². The first-order valence-corrected chi connectivity index (χ1v) is 8.29. The third kappa shape index (κ3) is 2.90. The number of aryl methyl sites for hydroxylation is 2. The smallest absolute Gasteiger partial charge is 0.410 e. The quantitative estimate of drug-likeness (QED) is 0.794. The maximum absolute atomic E-state index is 12.3. The fourth-order valence-electron chi connectivity index (χ4n) is 3.17. The third-order valence-corrected chi connectivity index (χ3v) is 4.32. The molecule has 1 aliphatic rings. The molecule has 2 aromatic rings. The second-order valence-electron chi connectivity index (χ2n) is 7.50. The van der Waals surface area contributed by atoms with Crippen LogP contribution in [0.4, 0.5) is 4.79 Å². The Hall–Kier alpha value is -2.30. The van der Waals surface area contributed by atoms with Crippen molar-refractivity contribution in [3.05, 3.63) is 46.3 Å². The predicted octanol–water partition coefficient (Wildman–Crippen LogP) is 4.05. The molecule has 0 fully saturated rings. The largest absolute Gasteiger partial charge is 0.444 e. The van der Waals surface area contributed by atoms with Gasteiger partial charge in [0.2, 0.25) is 0 Å². The third-order valence-electron chi connectivity index (χ3n) is 4.32. The molecule has 2 heterocycles. The summed E-state index contributed by atoms with van der Waals surface area (Å²) in [6.07, 6.45) is -0.279. The second-order valence-corrected chi connectivity index (χ2v) is 7.50. The number of hydrogen-bond acceptors (Lipinski definition) is 3. The van der Waals surface area contributed by atoms with Gasteiger partial charge >= 0.3 is 6.09 Å². The van der Waals surface area contributed by atoms with Gasteiger partial charge in [-0.3, -0.25) is 4.90 Å². The van der Waals surface area contributed by atoms with E-state index < -0.39 is 5.60 Å². The highest BCUT2D eigenvalue weighted by molar-refractivity contribution is 5.69. The second kappa shape index (κ2) is 5.65. The summed E-state index contributed by atoms with van der Waals surface area (Å²) in [6, 6.07) is 6.26. The molecule has 0 bridgehead atoms. The summed E-state index contributed by atoms with van der Waals surface area (Å²) in [5.41, 5.74) is 6.22. The number of nitrogens with zero attached hydrogens (tertiary/aromatic N) is 3. The van der Waals surface area contributed by atoms with Gasteiger partial charge in [0.15, 0.2) is 0 Å². The van der Waals surface area contributed by atoms with Crippen molar-refractivity contribution in [2.24, 2.45) is 0 Å². The molecule has 5 heteroatoms. The maximum atomic E-state index is 12.3. The van der Waals surface area contributed by atoms with Crippen LogP contribution in [0.5, 0.6) is 0 Å². The SMILES string of the molecule is Cc1cccc(C)c1-n1nc2c(c1C)CN(C(=O)OC(C)(C)C)C2. The van der Waals surface area contributed by atoms with E-state index in [1.807, 2.05) is 25.5 Å². The molecule has 0 saturated heterocycles.